The number of thiazole rings is 1. The molecule has 2 heterocycles. The molecule has 3 nitrogen and oxygen atoms in total. The molecule has 1 saturated carbocycles. The Balaban J connectivity index is 1.55. The number of rotatable bonds is 3. The maximum Gasteiger partial charge on any atom is 0.417 e. The van der Waals surface area contributed by atoms with E-state index in [0.29, 0.717) is 12.5 Å². The third kappa shape index (κ3) is 2.84. The van der Waals surface area contributed by atoms with Crippen LogP contribution in [0.2, 0.25) is 0 Å². The minimum atomic E-state index is -4.53. The third-order valence-electron chi connectivity index (χ3n) is 4.09. The van der Waals surface area contributed by atoms with Gasteiger partial charge in [0.1, 0.15) is 0 Å². The molecule has 0 atom stereocenters. The summed E-state index contributed by atoms with van der Waals surface area (Å²) in [6.07, 6.45) is -2.63. The fourth-order valence-electron chi connectivity index (χ4n) is 2.51. The van der Waals surface area contributed by atoms with Crippen LogP contribution in [-0.2, 0) is 6.54 Å². The highest BCUT2D eigenvalue weighted by atomic mass is 32.1. The predicted octanol–water partition coefficient (Wildman–Crippen LogP) is 2.91. The fraction of sp³-hybridized carbons (Fsp3) is 0.769. The van der Waals surface area contributed by atoms with E-state index >= 15 is 0 Å². The smallest absolute Gasteiger partial charge is 0.380 e. The van der Waals surface area contributed by atoms with Crippen LogP contribution in [0.3, 0.4) is 0 Å². The fourth-order valence-corrected chi connectivity index (χ4v) is 3.49. The first kappa shape index (κ1) is 14.3. The van der Waals surface area contributed by atoms with E-state index in [-0.39, 0.29) is 25.9 Å². The van der Waals surface area contributed by atoms with Crippen molar-refractivity contribution in [2.45, 2.75) is 49.9 Å². The number of likely N-dealkylation sites (tertiary alicyclic amines) is 1. The van der Waals surface area contributed by atoms with Gasteiger partial charge in [-0.2, -0.15) is 13.2 Å². The van der Waals surface area contributed by atoms with Gasteiger partial charge in [0.05, 0.1) is 10.7 Å². The van der Waals surface area contributed by atoms with Crippen LogP contribution in [0.25, 0.3) is 0 Å². The second-order valence-electron chi connectivity index (χ2n) is 5.76. The van der Waals surface area contributed by atoms with Crippen molar-refractivity contribution in [3.05, 3.63) is 16.1 Å². The Bertz CT molecular complexity index is 476. The topological polar surface area (TPSA) is 36.4 Å². The van der Waals surface area contributed by atoms with Gasteiger partial charge in [-0.15, -0.1) is 11.3 Å². The molecule has 2 fully saturated rings. The van der Waals surface area contributed by atoms with E-state index in [9.17, 15) is 18.3 Å². The van der Waals surface area contributed by atoms with Gasteiger partial charge >= 0.3 is 6.18 Å². The number of aromatic nitrogens is 1. The van der Waals surface area contributed by atoms with E-state index in [1.807, 2.05) is 10.3 Å². The summed E-state index contributed by atoms with van der Waals surface area (Å²) in [7, 11) is 0. The van der Waals surface area contributed by atoms with Crippen molar-refractivity contribution in [2.75, 3.05) is 13.1 Å². The Morgan fingerprint density at radius 3 is 2.55 bits per heavy atom. The Labute approximate surface area is 119 Å². The zero-order valence-electron chi connectivity index (χ0n) is 11.0. The van der Waals surface area contributed by atoms with Crippen LogP contribution in [-0.4, -0.2) is 39.9 Å². The van der Waals surface area contributed by atoms with E-state index in [1.54, 1.807) is 11.3 Å². The van der Waals surface area contributed by atoms with Crippen molar-refractivity contribution in [3.63, 3.8) is 0 Å². The largest absolute Gasteiger partial charge is 0.417 e. The molecule has 1 aliphatic carbocycles. The number of alkyl halides is 3. The highest BCUT2D eigenvalue weighted by Crippen LogP contribution is 2.42. The molecule has 7 heteroatoms. The minimum absolute atomic E-state index is 0.254. The van der Waals surface area contributed by atoms with Gasteiger partial charge in [0.15, 0.2) is 5.60 Å². The van der Waals surface area contributed by atoms with Gasteiger partial charge in [0, 0.05) is 30.9 Å². The zero-order chi connectivity index (χ0) is 14.4. The molecule has 0 unspecified atom stereocenters. The summed E-state index contributed by atoms with van der Waals surface area (Å²) in [6.45, 7) is 1.09. The molecule has 1 aromatic rings. The Morgan fingerprint density at radius 2 is 2.00 bits per heavy atom. The molecular weight excluding hydrogens is 289 g/mol. The third-order valence-corrected chi connectivity index (χ3v) is 5.15. The number of hydrogen-bond donors (Lipinski definition) is 1. The Hall–Kier alpha value is -0.660. The van der Waals surface area contributed by atoms with E-state index in [2.05, 4.69) is 4.98 Å². The van der Waals surface area contributed by atoms with Crippen LogP contribution in [0.5, 0.6) is 0 Å². The monoisotopic (exact) mass is 306 g/mol. The number of aliphatic hydroxyl groups is 1. The molecular formula is C13H17F3N2OS. The SMILES string of the molecule is OC1(C(F)(F)F)CCN(Cc2csc(C3CC3)n2)CC1. The van der Waals surface area contributed by atoms with Gasteiger partial charge in [0.2, 0.25) is 0 Å². The molecule has 3 rings (SSSR count). The maximum atomic E-state index is 12.7. The summed E-state index contributed by atoms with van der Waals surface area (Å²) in [5, 5.41) is 12.8. The summed E-state index contributed by atoms with van der Waals surface area (Å²) in [5.74, 6) is 0.616. The lowest BCUT2D eigenvalue weighted by Gasteiger charge is -2.38. The first-order valence-corrected chi connectivity index (χ1v) is 7.71. The van der Waals surface area contributed by atoms with Crippen LogP contribution < -0.4 is 0 Å². The van der Waals surface area contributed by atoms with E-state index in [0.717, 1.165) is 10.7 Å². The molecule has 2 aliphatic rings. The van der Waals surface area contributed by atoms with Crippen molar-refractivity contribution in [3.8, 4) is 0 Å². The molecule has 0 radical (unpaired) electrons. The minimum Gasteiger partial charge on any atom is -0.380 e. The molecule has 0 amide bonds. The summed E-state index contributed by atoms with van der Waals surface area (Å²) < 4.78 is 38.1. The molecule has 0 bridgehead atoms. The average Bonchev–Trinajstić information content (AvgIpc) is 3.12. The quantitative estimate of drug-likeness (QED) is 0.933. The lowest BCUT2D eigenvalue weighted by molar-refractivity contribution is -0.272. The van der Waals surface area contributed by atoms with Crippen molar-refractivity contribution >= 4 is 11.3 Å². The van der Waals surface area contributed by atoms with Crippen LogP contribution in [0, 0.1) is 0 Å². The first-order chi connectivity index (χ1) is 9.37. The predicted molar refractivity (Wildman–Crippen MR) is 69.6 cm³/mol. The number of piperidine rings is 1. The summed E-state index contributed by atoms with van der Waals surface area (Å²) in [6, 6.07) is 0. The van der Waals surface area contributed by atoms with Crippen molar-refractivity contribution in [2.24, 2.45) is 0 Å². The zero-order valence-corrected chi connectivity index (χ0v) is 11.8. The van der Waals surface area contributed by atoms with Crippen molar-refractivity contribution < 1.29 is 18.3 Å². The van der Waals surface area contributed by atoms with Crippen LogP contribution >= 0.6 is 11.3 Å². The summed E-state index contributed by atoms with van der Waals surface area (Å²) >= 11 is 1.65. The second-order valence-corrected chi connectivity index (χ2v) is 6.65. The second kappa shape index (κ2) is 4.96. The lowest BCUT2D eigenvalue weighted by atomic mass is 9.91. The average molecular weight is 306 g/mol. The molecule has 0 spiro atoms. The van der Waals surface area contributed by atoms with Gasteiger partial charge in [-0.1, -0.05) is 0 Å². The van der Waals surface area contributed by atoms with Gasteiger partial charge in [0.25, 0.3) is 0 Å². The number of halogens is 3. The molecule has 1 saturated heterocycles. The molecule has 112 valence electrons. The van der Waals surface area contributed by atoms with Crippen LogP contribution in [0.4, 0.5) is 13.2 Å². The molecule has 20 heavy (non-hydrogen) atoms. The molecule has 1 aliphatic heterocycles. The maximum absolute atomic E-state index is 12.7. The molecule has 0 aromatic carbocycles. The Kier molecular flexibility index (Phi) is 3.54. The van der Waals surface area contributed by atoms with Crippen molar-refractivity contribution in [1.82, 2.24) is 9.88 Å². The van der Waals surface area contributed by atoms with Gasteiger partial charge < -0.3 is 5.11 Å². The number of hydrogen-bond acceptors (Lipinski definition) is 4. The van der Waals surface area contributed by atoms with E-state index in [4.69, 9.17) is 0 Å². The highest BCUT2D eigenvalue weighted by Gasteiger charge is 2.54. The summed E-state index contributed by atoms with van der Waals surface area (Å²) in [4.78, 5) is 6.48. The standard InChI is InChI=1S/C13H17F3N2OS/c14-13(15,16)12(19)3-5-18(6-4-12)7-10-8-20-11(17-10)9-1-2-9/h8-9,19H,1-7H2. The molecule has 1 aromatic heterocycles. The van der Waals surface area contributed by atoms with Crippen molar-refractivity contribution in [1.29, 1.82) is 0 Å². The van der Waals surface area contributed by atoms with Gasteiger partial charge in [-0.05, 0) is 25.7 Å². The van der Waals surface area contributed by atoms with Crippen LogP contribution in [0.15, 0.2) is 5.38 Å². The molecule has 1 N–H and O–H groups in total. The Morgan fingerprint density at radius 1 is 1.35 bits per heavy atom. The van der Waals surface area contributed by atoms with Gasteiger partial charge in [-0.3, -0.25) is 4.90 Å². The highest BCUT2D eigenvalue weighted by molar-refractivity contribution is 7.09. The lowest BCUT2D eigenvalue weighted by Crippen LogP contribution is -2.53. The van der Waals surface area contributed by atoms with E-state index in [1.165, 1.54) is 12.8 Å². The van der Waals surface area contributed by atoms with E-state index < -0.39 is 11.8 Å². The normalized spacial score (nSPS) is 24.0. The van der Waals surface area contributed by atoms with Gasteiger partial charge in [-0.25, -0.2) is 4.98 Å². The summed E-state index contributed by atoms with van der Waals surface area (Å²) in [5.41, 5.74) is -1.57. The number of nitrogens with zero attached hydrogens (tertiary/aromatic N) is 2. The first-order valence-electron chi connectivity index (χ1n) is 6.83. The van der Waals surface area contributed by atoms with Crippen LogP contribution in [0.1, 0.15) is 42.3 Å².